The van der Waals surface area contributed by atoms with E-state index in [4.69, 9.17) is 0 Å². The maximum atomic E-state index is 13.3. The Morgan fingerprint density at radius 3 is 2.50 bits per heavy atom. The summed E-state index contributed by atoms with van der Waals surface area (Å²) < 4.78 is 40.8. The molecule has 1 aromatic carbocycles. The molecule has 0 radical (unpaired) electrons. The van der Waals surface area contributed by atoms with Gasteiger partial charge in [-0.15, -0.1) is 0 Å². The van der Waals surface area contributed by atoms with Crippen molar-refractivity contribution >= 4 is 22.8 Å². The van der Waals surface area contributed by atoms with E-state index < -0.39 is 24.5 Å². The van der Waals surface area contributed by atoms with E-state index in [1.807, 2.05) is 0 Å². The Kier molecular flexibility index (Phi) is 5.89. The summed E-state index contributed by atoms with van der Waals surface area (Å²) in [5.41, 5.74) is 0.379. The van der Waals surface area contributed by atoms with Crippen LogP contribution >= 0.6 is 0 Å². The van der Waals surface area contributed by atoms with Crippen LogP contribution in [0.25, 0.3) is 11.0 Å². The van der Waals surface area contributed by atoms with Gasteiger partial charge in [0.2, 0.25) is 17.6 Å². The van der Waals surface area contributed by atoms with Crippen molar-refractivity contribution in [3.05, 3.63) is 30.1 Å². The Morgan fingerprint density at radius 2 is 1.92 bits per heavy atom. The molecule has 0 atom stereocenters. The lowest BCUT2D eigenvalue weighted by molar-refractivity contribution is -0.148. The molecule has 0 saturated carbocycles. The van der Waals surface area contributed by atoms with E-state index in [9.17, 15) is 22.8 Å². The van der Waals surface area contributed by atoms with Gasteiger partial charge >= 0.3 is 6.18 Å². The first-order valence-corrected chi connectivity index (χ1v) is 8.23. The average Bonchev–Trinajstić information content (AvgIpc) is 2.91. The minimum absolute atomic E-state index is 0.0919. The van der Waals surface area contributed by atoms with Gasteiger partial charge in [-0.1, -0.05) is 12.1 Å². The van der Waals surface area contributed by atoms with Crippen molar-refractivity contribution in [3.8, 4) is 0 Å². The summed E-state index contributed by atoms with van der Waals surface area (Å²) in [5.74, 6) is -2.07. The van der Waals surface area contributed by atoms with Gasteiger partial charge in [-0.3, -0.25) is 9.59 Å². The maximum Gasteiger partial charge on any atom is 0.449 e. The lowest BCUT2D eigenvalue weighted by Crippen LogP contribution is -2.43. The first-order chi connectivity index (χ1) is 12.1. The third kappa shape index (κ3) is 4.53. The topological polar surface area (TPSA) is 67.2 Å². The van der Waals surface area contributed by atoms with Crippen LogP contribution in [0.5, 0.6) is 0 Å². The summed E-state index contributed by atoms with van der Waals surface area (Å²) in [7, 11) is 0. The molecule has 26 heavy (non-hydrogen) atoms. The zero-order valence-electron chi connectivity index (χ0n) is 14.8. The monoisotopic (exact) mass is 370 g/mol. The van der Waals surface area contributed by atoms with Gasteiger partial charge in [0.05, 0.1) is 17.6 Å². The zero-order chi connectivity index (χ0) is 19.5. The van der Waals surface area contributed by atoms with Gasteiger partial charge in [0.15, 0.2) is 0 Å². The first-order valence-electron chi connectivity index (χ1n) is 8.23. The standard InChI is InChI=1S/C17H21F3N4O2/c1-4-23(9-14(25)21-11(2)3)15(26)10-24-13-8-6-5-7-12(13)22-16(24)17(18,19)20/h5-8,11H,4,9-10H2,1-3H3,(H,21,25). The van der Waals surface area contributed by atoms with Crippen molar-refractivity contribution < 1.29 is 22.8 Å². The number of likely N-dealkylation sites (N-methyl/N-ethyl adjacent to an activating group) is 1. The number of nitrogens with one attached hydrogen (secondary N) is 1. The number of amides is 2. The summed E-state index contributed by atoms with van der Waals surface area (Å²) in [6, 6.07) is 6.01. The number of aromatic nitrogens is 2. The molecule has 2 aromatic rings. The van der Waals surface area contributed by atoms with Crippen LogP contribution in [0.4, 0.5) is 13.2 Å². The molecular formula is C17H21F3N4O2. The van der Waals surface area contributed by atoms with E-state index in [-0.39, 0.29) is 36.1 Å². The number of alkyl halides is 3. The zero-order valence-corrected chi connectivity index (χ0v) is 14.8. The van der Waals surface area contributed by atoms with Crippen molar-refractivity contribution in [2.24, 2.45) is 0 Å². The lowest BCUT2D eigenvalue weighted by Gasteiger charge is -2.22. The molecule has 0 fully saturated rings. The van der Waals surface area contributed by atoms with E-state index in [0.717, 1.165) is 4.57 Å². The van der Waals surface area contributed by atoms with E-state index in [2.05, 4.69) is 10.3 Å². The van der Waals surface area contributed by atoms with Gasteiger partial charge in [-0.05, 0) is 32.9 Å². The smallest absolute Gasteiger partial charge is 0.352 e. The quantitative estimate of drug-likeness (QED) is 0.849. The van der Waals surface area contributed by atoms with E-state index in [1.54, 1.807) is 32.9 Å². The summed E-state index contributed by atoms with van der Waals surface area (Å²) in [6.45, 7) is 4.68. The van der Waals surface area contributed by atoms with Crippen LogP contribution in [0.3, 0.4) is 0 Å². The molecule has 142 valence electrons. The second kappa shape index (κ2) is 7.76. The fourth-order valence-electron chi connectivity index (χ4n) is 2.60. The fourth-order valence-corrected chi connectivity index (χ4v) is 2.60. The number of hydrogen-bond donors (Lipinski definition) is 1. The highest BCUT2D eigenvalue weighted by Crippen LogP contribution is 2.31. The molecule has 2 rings (SSSR count). The van der Waals surface area contributed by atoms with Crippen LogP contribution < -0.4 is 5.32 Å². The average molecular weight is 370 g/mol. The number of benzene rings is 1. The van der Waals surface area contributed by atoms with Crippen molar-refractivity contribution in [3.63, 3.8) is 0 Å². The number of carbonyl (C=O) groups excluding carboxylic acids is 2. The molecule has 9 heteroatoms. The predicted octanol–water partition coefficient (Wildman–Crippen LogP) is 2.43. The molecule has 0 unspecified atom stereocenters. The van der Waals surface area contributed by atoms with Gasteiger partial charge < -0.3 is 14.8 Å². The second-order valence-electron chi connectivity index (χ2n) is 6.14. The van der Waals surface area contributed by atoms with Crippen molar-refractivity contribution in [2.75, 3.05) is 13.1 Å². The molecule has 2 amide bonds. The number of fused-ring (bicyclic) bond motifs is 1. The summed E-state index contributed by atoms with van der Waals surface area (Å²) >= 11 is 0. The van der Waals surface area contributed by atoms with Crippen LogP contribution in [0, 0.1) is 0 Å². The van der Waals surface area contributed by atoms with E-state index in [1.165, 1.54) is 17.0 Å². The number of halogens is 3. The van der Waals surface area contributed by atoms with Crippen molar-refractivity contribution in [1.29, 1.82) is 0 Å². The Balaban J connectivity index is 2.28. The van der Waals surface area contributed by atoms with Crippen LogP contribution in [-0.4, -0.2) is 45.4 Å². The maximum absolute atomic E-state index is 13.3. The minimum Gasteiger partial charge on any atom is -0.352 e. The number of carbonyl (C=O) groups is 2. The van der Waals surface area contributed by atoms with Gasteiger partial charge in [-0.25, -0.2) is 4.98 Å². The van der Waals surface area contributed by atoms with Gasteiger partial charge in [-0.2, -0.15) is 13.2 Å². The number of imidazole rings is 1. The second-order valence-corrected chi connectivity index (χ2v) is 6.14. The molecule has 0 aliphatic rings. The molecule has 0 aliphatic carbocycles. The van der Waals surface area contributed by atoms with Crippen LogP contribution in [-0.2, 0) is 22.3 Å². The summed E-state index contributed by atoms with van der Waals surface area (Å²) in [5, 5.41) is 2.65. The highest BCUT2D eigenvalue weighted by atomic mass is 19.4. The van der Waals surface area contributed by atoms with Gasteiger partial charge in [0.1, 0.15) is 6.54 Å². The summed E-state index contributed by atoms with van der Waals surface area (Å²) in [6.07, 6.45) is -4.69. The predicted molar refractivity (Wildman–Crippen MR) is 90.3 cm³/mol. The minimum atomic E-state index is -4.69. The molecule has 1 N–H and O–H groups in total. The molecule has 0 spiro atoms. The highest BCUT2D eigenvalue weighted by molar-refractivity contribution is 5.86. The number of nitrogens with zero attached hydrogens (tertiary/aromatic N) is 3. The lowest BCUT2D eigenvalue weighted by atomic mass is 10.3. The molecule has 1 aromatic heterocycles. The molecule has 0 saturated heterocycles. The van der Waals surface area contributed by atoms with Gasteiger partial charge in [0.25, 0.3) is 0 Å². The van der Waals surface area contributed by atoms with Crippen LogP contribution in [0.2, 0.25) is 0 Å². The Hall–Kier alpha value is -2.58. The SMILES string of the molecule is CCN(CC(=O)NC(C)C)C(=O)Cn1c(C(F)(F)F)nc2ccccc21. The fraction of sp³-hybridized carbons (Fsp3) is 0.471. The van der Waals surface area contributed by atoms with E-state index in [0.29, 0.717) is 0 Å². The van der Waals surface area contributed by atoms with Crippen molar-refractivity contribution in [2.45, 2.75) is 39.5 Å². The van der Waals surface area contributed by atoms with E-state index >= 15 is 0 Å². The molecule has 0 aliphatic heterocycles. The Morgan fingerprint density at radius 1 is 1.27 bits per heavy atom. The molecule has 1 heterocycles. The van der Waals surface area contributed by atoms with Gasteiger partial charge in [0, 0.05) is 12.6 Å². The first kappa shape index (κ1) is 19.7. The molecular weight excluding hydrogens is 349 g/mol. The third-order valence-corrected chi connectivity index (χ3v) is 3.72. The Labute approximate surface area is 149 Å². The van der Waals surface area contributed by atoms with Crippen LogP contribution in [0.1, 0.15) is 26.6 Å². The van der Waals surface area contributed by atoms with Crippen molar-refractivity contribution in [1.82, 2.24) is 19.8 Å². The number of para-hydroxylation sites is 2. The third-order valence-electron chi connectivity index (χ3n) is 3.72. The highest BCUT2D eigenvalue weighted by Gasteiger charge is 2.38. The van der Waals surface area contributed by atoms with Crippen LogP contribution in [0.15, 0.2) is 24.3 Å². The molecule has 6 nitrogen and oxygen atoms in total. The normalized spacial score (nSPS) is 11.8. The number of rotatable bonds is 6. The summed E-state index contributed by atoms with van der Waals surface area (Å²) in [4.78, 5) is 29.2. The Bertz CT molecular complexity index is 799. The number of hydrogen-bond acceptors (Lipinski definition) is 3. The largest absolute Gasteiger partial charge is 0.449 e. The molecule has 0 bridgehead atoms.